The SMILES string of the molecule is CCOC(=O)[C@H]1CCCN(c2nc3ccccc3nc2[C@@H](C#N)C(=O)OC)C1. The minimum atomic E-state index is -1.19. The molecule has 1 aliphatic rings. The van der Waals surface area contributed by atoms with Crippen molar-refractivity contribution < 1.29 is 19.1 Å². The molecule has 1 saturated heterocycles. The highest BCUT2D eigenvalue weighted by Gasteiger charge is 2.33. The molecule has 2 aromatic rings. The summed E-state index contributed by atoms with van der Waals surface area (Å²) >= 11 is 0. The summed E-state index contributed by atoms with van der Waals surface area (Å²) in [7, 11) is 1.23. The van der Waals surface area contributed by atoms with Gasteiger partial charge in [-0.1, -0.05) is 12.1 Å². The molecule has 1 aromatic heterocycles. The fourth-order valence-electron chi connectivity index (χ4n) is 3.40. The van der Waals surface area contributed by atoms with Crippen LogP contribution in [0.5, 0.6) is 0 Å². The normalized spacial score (nSPS) is 17.6. The number of fused-ring (bicyclic) bond motifs is 1. The fraction of sp³-hybridized carbons (Fsp3) is 0.450. The molecule has 2 heterocycles. The van der Waals surface area contributed by atoms with E-state index in [1.165, 1.54) is 7.11 Å². The summed E-state index contributed by atoms with van der Waals surface area (Å²) in [4.78, 5) is 35.5. The number of carbonyl (C=O) groups is 2. The largest absolute Gasteiger partial charge is 0.468 e. The van der Waals surface area contributed by atoms with Crippen LogP contribution in [0.1, 0.15) is 31.4 Å². The highest BCUT2D eigenvalue weighted by Crippen LogP contribution is 2.31. The molecule has 3 rings (SSSR count). The van der Waals surface area contributed by atoms with Crippen LogP contribution in [-0.2, 0) is 19.1 Å². The molecule has 8 heteroatoms. The Morgan fingerprint density at radius 2 is 2.04 bits per heavy atom. The smallest absolute Gasteiger partial charge is 0.329 e. The summed E-state index contributed by atoms with van der Waals surface area (Å²) < 4.78 is 9.94. The van der Waals surface area contributed by atoms with Gasteiger partial charge in [0.2, 0.25) is 0 Å². The molecule has 0 N–H and O–H groups in total. The Kier molecular flexibility index (Phi) is 6.04. The number of ether oxygens (including phenoxy) is 2. The standard InChI is InChI=1S/C20H22N4O4/c1-3-28-19(25)13-7-6-10-24(12-13)18-17(14(11-21)20(26)27-2)22-15-8-4-5-9-16(15)23-18/h4-5,8-9,13-14H,3,6-7,10,12H2,1-2H3/t13-,14+/m0/s1. The van der Waals surface area contributed by atoms with Crippen LogP contribution in [0.4, 0.5) is 5.82 Å². The van der Waals surface area contributed by atoms with Gasteiger partial charge in [0.15, 0.2) is 11.7 Å². The Bertz CT molecular complexity index is 924. The molecule has 28 heavy (non-hydrogen) atoms. The number of aromatic nitrogens is 2. The first-order valence-electron chi connectivity index (χ1n) is 9.24. The Balaban J connectivity index is 2.05. The van der Waals surface area contributed by atoms with Gasteiger partial charge in [0, 0.05) is 13.1 Å². The second-order valence-electron chi connectivity index (χ2n) is 6.54. The number of rotatable bonds is 5. The number of nitriles is 1. The van der Waals surface area contributed by atoms with Crippen LogP contribution in [0.15, 0.2) is 24.3 Å². The lowest BCUT2D eigenvalue weighted by molar-refractivity contribution is -0.148. The number of hydrogen-bond donors (Lipinski definition) is 0. The summed E-state index contributed by atoms with van der Waals surface area (Å²) in [6.07, 6.45) is 1.50. The van der Waals surface area contributed by atoms with E-state index in [1.807, 2.05) is 29.2 Å². The number of nitrogens with zero attached hydrogens (tertiary/aromatic N) is 4. The van der Waals surface area contributed by atoms with E-state index in [-0.39, 0.29) is 17.6 Å². The molecule has 1 aromatic carbocycles. The third kappa shape index (κ3) is 3.88. The van der Waals surface area contributed by atoms with Crippen LogP contribution < -0.4 is 4.90 Å². The maximum atomic E-state index is 12.2. The summed E-state index contributed by atoms with van der Waals surface area (Å²) in [5.41, 5.74) is 1.49. The maximum absolute atomic E-state index is 12.2. The van der Waals surface area contributed by atoms with E-state index in [0.717, 1.165) is 12.8 Å². The average molecular weight is 382 g/mol. The summed E-state index contributed by atoms with van der Waals surface area (Å²) in [6, 6.07) is 9.23. The third-order valence-corrected chi connectivity index (χ3v) is 4.76. The second-order valence-corrected chi connectivity index (χ2v) is 6.54. The van der Waals surface area contributed by atoms with Gasteiger partial charge in [-0.05, 0) is 31.9 Å². The molecule has 0 radical (unpaired) electrons. The first-order chi connectivity index (χ1) is 13.6. The average Bonchev–Trinajstić information content (AvgIpc) is 2.73. The lowest BCUT2D eigenvalue weighted by atomic mass is 9.97. The maximum Gasteiger partial charge on any atom is 0.329 e. The molecule has 0 bridgehead atoms. The zero-order chi connectivity index (χ0) is 20.1. The minimum Gasteiger partial charge on any atom is -0.468 e. The van der Waals surface area contributed by atoms with E-state index in [9.17, 15) is 14.9 Å². The molecule has 0 aliphatic carbocycles. The van der Waals surface area contributed by atoms with Crippen LogP contribution in [0.2, 0.25) is 0 Å². The van der Waals surface area contributed by atoms with Gasteiger partial charge in [-0.25, -0.2) is 9.97 Å². The number of carbonyl (C=O) groups excluding carboxylic acids is 2. The predicted octanol–water partition coefficient (Wildman–Crippen LogP) is 2.19. The lowest BCUT2D eigenvalue weighted by Crippen LogP contribution is -2.40. The highest BCUT2D eigenvalue weighted by atomic mass is 16.5. The van der Waals surface area contributed by atoms with Gasteiger partial charge in [0.1, 0.15) is 5.69 Å². The Labute approximate surface area is 163 Å². The first kappa shape index (κ1) is 19.5. The van der Waals surface area contributed by atoms with Crippen molar-refractivity contribution in [3.05, 3.63) is 30.0 Å². The van der Waals surface area contributed by atoms with Gasteiger partial charge >= 0.3 is 11.9 Å². The highest BCUT2D eigenvalue weighted by molar-refractivity contribution is 5.85. The molecule has 146 valence electrons. The molecular formula is C20H22N4O4. The van der Waals surface area contributed by atoms with Crippen molar-refractivity contribution >= 4 is 28.8 Å². The molecule has 0 spiro atoms. The van der Waals surface area contributed by atoms with Gasteiger partial charge < -0.3 is 14.4 Å². The Hall–Kier alpha value is -3.21. The molecular weight excluding hydrogens is 360 g/mol. The zero-order valence-corrected chi connectivity index (χ0v) is 15.9. The molecule has 8 nitrogen and oxygen atoms in total. The number of para-hydroxylation sites is 2. The number of methoxy groups -OCH3 is 1. The van der Waals surface area contributed by atoms with E-state index in [0.29, 0.717) is 36.5 Å². The fourth-order valence-corrected chi connectivity index (χ4v) is 3.40. The molecule has 2 atom stereocenters. The number of hydrogen-bond acceptors (Lipinski definition) is 8. The summed E-state index contributed by atoms with van der Waals surface area (Å²) in [6.45, 7) is 3.15. The van der Waals surface area contributed by atoms with E-state index in [4.69, 9.17) is 9.47 Å². The van der Waals surface area contributed by atoms with E-state index < -0.39 is 11.9 Å². The van der Waals surface area contributed by atoms with Gasteiger partial charge in [-0.3, -0.25) is 9.59 Å². The van der Waals surface area contributed by atoms with Crippen molar-refractivity contribution in [1.29, 1.82) is 5.26 Å². The van der Waals surface area contributed by atoms with Crippen molar-refractivity contribution in [2.45, 2.75) is 25.7 Å². The molecule has 0 saturated carbocycles. The third-order valence-electron chi connectivity index (χ3n) is 4.76. The molecule has 1 aliphatic heterocycles. The second kappa shape index (κ2) is 8.65. The first-order valence-corrected chi connectivity index (χ1v) is 9.24. The van der Waals surface area contributed by atoms with Crippen LogP contribution in [-0.4, -0.2) is 48.7 Å². The van der Waals surface area contributed by atoms with Gasteiger partial charge in [0.25, 0.3) is 0 Å². The van der Waals surface area contributed by atoms with Crippen molar-refractivity contribution in [2.24, 2.45) is 5.92 Å². The van der Waals surface area contributed by atoms with Crippen molar-refractivity contribution in [3.63, 3.8) is 0 Å². The Morgan fingerprint density at radius 3 is 2.68 bits per heavy atom. The van der Waals surface area contributed by atoms with Crippen molar-refractivity contribution in [3.8, 4) is 6.07 Å². The van der Waals surface area contributed by atoms with Crippen LogP contribution in [0, 0.1) is 17.2 Å². The van der Waals surface area contributed by atoms with Crippen molar-refractivity contribution in [2.75, 3.05) is 31.7 Å². The molecule has 0 amide bonds. The number of esters is 2. The van der Waals surface area contributed by atoms with Gasteiger partial charge in [-0.15, -0.1) is 0 Å². The van der Waals surface area contributed by atoms with E-state index in [2.05, 4.69) is 9.97 Å². The van der Waals surface area contributed by atoms with Crippen LogP contribution in [0.25, 0.3) is 11.0 Å². The summed E-state index contributed by atoms with van der Waals surface area (Å²) in [5.74, 6) is -1.97. The lowest BCUT2D eigenvalue weighted by Gasteiger charge is -2.33. The van der Waals surface area contributed by atoms with Crippen LogP contribution in [0.3, 0.4) is 0 Å². The minimum absolute atomic E-state index is 0.243. The number of piperidine rings is 1. The Morgan fingerprint density at radius 1 is 1.32 bits per heavy atom. The van der Waals surface area contributed by atoms with Gasteiger partial charge in [0.05, 0.1) is 36.7 Å². The molecule has 1 fully saturated rings. The van der Waals surface area contributed by atoms with Crippen LogP contribution >= 0.6 is 0 Å². The zero-order valence-electron chi connectivity index (χ0n) is 15.9. The van der Waals surface area contributed by atoms with Gasteiger partial charge in [-0.2, -0.15) is 5.26 Å². The monoisotopic (exact) mass is 382 g/mol. The van der Waals surface area contributed by atoms with E-state index >= 15 is 0 Å². The van der Waals surface area contributed by atoms with E-state index in [1.54, 1.807) is 13.0 Å². The topological polar surface area (TPSA) is 105 Å². The number of benzene rings is 1. The predicted molar refractivity (Wildman–Crippen MR) is 101 cm³/mol. The quantitative estimate of drug-likeness (QED) is 0.725. The summed E-state index contributed by atoms with van der Waals surface area (Å²) in [5, 5.41) is 9.57. The van der Waals surface area contributed by atoms with Crippen molar-refractivity contribution in [1.82, 2.24) is 9.97 Å². The number of anilines is 1. The molecule has 0 unspecified atom stereocenters.